The highest BCUT2D eigenvalue weighted by molar-refractivity contribution is 7.98. The number of halogens is 1. The summed E-state index contributed by atoms with van der Waals surface area (Å²) in [7, 11) is 0. The summed E-state index contributed by atoms with van der Waals surface area (Å²) in [6.45, 7) is 10.8. The third kappa shape index (κ3) is 7.01. The predicted molar refractivity (Wildman–Crippen MR) is 169 cm³/mol. The Bertz CT molecular complexity index is 1410. The van der Waals surface area contributed by atoms with Gasteiger partial charge in [-0.05, 0) is 63.4 Å². The zero-order valence-corrected chi connectivity index (χ0v) is 26.1. The normalized spacial score (nSPS) is 17.3. The van der Waals surface area contributed by atoms with Crippen LogP contribution in [0.2, 0.25) is 5.02 Å². The van der Waals surface area contributed by atoms with E-state index in [1.54, 1.807) is 23.6 Å². The first kappa shape index (κ1) is 30.2. The number of nitrogens with zero attached hydrogens (tertiary/aromatic N) is 5. The Morgan fingerprint density at radius 3 is 2.40 bits per heavy atom. The highest BCUT2D eigenvalue weighted by atomic mass is 35.5. The number of hydrogen-bond acceptors (Lipinski definition) is 8. The highest BCUT2D eigenvalue weighted by Crippen LogP contribution is 2.30. The summed E-state index contributed by atoms with van der Waals surface area (Å²) in [6, 6.07) is 15.7. The Kier molecular flexibility index (Phi) is 9.90. The molecule has 8 nitrogen and oxygen atoms in total. The van der Waals surface area contributed by atoms with E-state index in [1.165, 1.54) is 0 Å². The van der Waals surface area contributed by atoms with Crippen LogP contribution < -0.4 is 9.80 Å². The number of thioether (sulfide) groups is 1. The van der Waals surface area contributed by atoms with Gasteiger partial charge in [0.25, 0.3) is 5.91 Å². The second-order valence-electron chi connectivity index (χ2n) is 10.8. The number of anilines is 2. The minimum Gasteiger partial charge on any atom is -0.466 e. The molecule has 5 rings (SSSR count). The second-order valence-corrected chi connectivity index (χ2v) is 12.1. The van der Waals surface area contributed by atoms with E-state index < -0.39 is 0 Å². The molecule has 10 heteroatoms. The van der Waals surface area contributed by atoms with Crippen LogP contribution in [0.5, 0.6) is 0 Å². The molecule has 0 spiro atoms. The monoisotopic (exact) mass is 607 g/mol. The van der Waals surface area contributed by atoms with E-state index in [0.717, 1.165) is 77.5 Å². The average molecular weight is 608 g/mol. The van der Waals surface area contributed by atoms with Crippen molar-refractivity contribution in [2.45, 2.75) is 44.5 Å². The molecule has 1 atom stereocenters. The molecule has 2 fully saturated rings. The molecular formula is C32H38ClN5O3S. The Hall–Kier alpha value is -3.30. The summed E-state index contributed by atoms with van der Waals surface area (Å²) in [5, 5.41) is 1.53. The number of para-hydroxylation sites is 1. The lowest BCUT2D eigenvalue weighted by atomic mass is 9.97. The molecule has 0 N–H and O–H groups in total. The number of hydrogen-bond donors (Lipinski definition) is 0. The maximum absolute atomic E-state index is 13.1. The van der Waals surface area contributed by atoms with Gasteiger partial charge in [-0.1, -0.05) is 47.6 Å². The van der Waals surface area contributed by atoms with Crippen LogP contribution in [0.15, 0.2) is 53.7 Å². The first-order chi connectivity index (χ1) is 20.3. The Balaban J connectivity index is 1.19. The number of rotatable bonds is 8. The minimum absolute atomic E-state index is 0.0417. The zero-order chi connectivity index (χ0) is 29.6. The van der Waals surface area contributed by atoms with Gasteiger partial charge in [0.1, 0.15) is 5.82 Å². The summed E-state index contributed by atoms with van der Waals surface area (Å²) in [4.78, 5) is 41.5. The maximum atomic E-state index is 13.1. The van der Waals surface area contributed by atoms with Gasteiger partial charge in [-0.3, -0.25) is 9.59 Å². The van der Waals surface area contributed by atoms with E-state index in [9.17, 15) is 9.59 Å². The van der Waals surface area contributed by atoms with Crippen molar-refractivity contribution in [3.63, 3.8) is 0 Å². The lowest BCUT2D eigenvalue weighted by Gasteiger charge is -2.37. The smallest absolute Gasteiger partial charge is 0.310 e. The average Bonchev–Trinajstić information content (AvgIpc) is 3.02. The second kappa shape index (κ2) is 13.8. The van der Waals surface area contributed by atoms with Gasteiger partial charge < -0.3 is 19.4 Å². The maximum Gasteiger partial charge on any atom is 0.310 e. The number of piperazine rings is 1. The van der Waals surface area contributed by atoms with Gasteiger partial charge in [0, 0.05) is 61.8 Å². The predicted octanol–water partition coefficient (Wildman–Crippen LogP) is 5.78. The third-order valence-electron chi connectivity index (χ3n) is 8.01. The van der Waals surface area contributed by atoms with E-state index in [0.29, 0.717) is 31.0 Å². The molecule has 0 bridgehead atoms. The molecule has 1 aromatic heterocycles. The van der Waals surface area contributed by atoms with Crippen LogP contribution in [0.3, 0.4) is 0 Å². The number of aromatic nitrogens is 2. The van der Waals surface area contributed by atoms with E-state index in [4.69, 9.17) is 26.3 Å². The summed E-state index contributed by atoms with van der Waals surface area (Å²) in [6.07, 6.45) is 1.57. The van der Waals surface area contributed by atoms with Crippen molar-refractivity contribution in [2.75, 3.05) is 55.7 Å². The number of ether oxygens (including phenoxy) is 1. The summed E-state index contributed by atoms with van der Waals surface area (Å²) in [5.41, 5.74) is 4.90. The quantitative estimate of drug-likeness (QED) is 0.181. The number of carbonyl (C=O) groups excluding carboxylic acids is 2. The topological polar surface area (TPSA) is 78.9 Å². The van der Waals surface area contributed by atoms with Gasteiger partial charge in [-0.25, -0.2) is 9.97 Å². The van der Waals surface area contributed by atoms with Crippen molar-refractivity contribution in [3.05, 3.63) is 75.9 Å². The number of likely N-dealkylation sites (tertiary alicyclic amines) is 1. The molecule has 2 aliphatic rings. The molecule has 3 heterocycles. The fraction of sp³-hybridized carbons (Fsp3) is 0.438. The fourth-order valence-electron chi connectivity index (χ4n) is 5.52. The number of piperidine rings is 1. The van der Waals surface area contributed by atoms with E-state index in [1.807, 2.05) is 49.4 Å². The molecule has 42 heavy (non-hydrogen) atoms. The molecule has 0 radical (unpaired) electrons. The highest BCUT2D eigenvalue weighted by Gasteiger charge is 2.30. The lowest BCUT2D eigenvalue weighted by molar-refractivity contribution is -0.149. The van der Waals surface area contributed by atoms with Gasteiger partial charge in [0.05, 0.1) is 23.2 Å². The number of aryl methyl sites for hydroxylation is 1. The summed E-state index contributed by atoms with van der Waals surface area (Å²) < 4.78 is 5.18. The summed E-state index contributed by atoms with van der Waals surface area (Å²) >= 11 is 8.04. The van der Waals surface area contributed by atoms with Crippen LogP contribution in [-0.4, -0.2) is 72.6 Å². The minimum atomic E-state index is -0.243. The first-order valence-corrected chi connectivity index (χ1v) is 16.0. The van der Waals surface area contributed by atoms with Gasteiger partial charge in [-0.2, -0.15) is 0 Å². The molecule has 2 aromatic carbocycles. The molecular weight excluding hydrogens is 570 g/mol. The van der Waals surface area contributed by atoms with Crippen LogP contribution in [0.4, 0.5) is 11.5 Å². The first-order valence-electron chi connectivity index (χ1n) is 14.6. The molecule has 1 amide bonds. The Labute approximate surface area is 257 Å². The molecule has 2 aliphatic heterocycles. The van der Waals surface area contributed by atoms with Crippen LogP contribution >= 0.6 is 23.4 Å². The van der Waals surface area contributed by atoms with Gasteiger partial charge in [0.2, 0.25) is 0 Å². The van der Waals surface area contributed by atoms with Crippen LogP contribution in [-0.2, 0) is 15.3 Å². The molecule has 222 valence electrons. The Morgan fingerprint density at radius 1 is 0.976 bits per heavy atom. The SMILES string of the molecule is CCOC(=O)[C@@H]1CCCN(C(=O)c2ccc(CSc3nc(C)c(C)c(N4CCN(c5ccccc5Cl)CC4)n3)cc2)C1. The summed E-state index contributed by atoms with van der Waals surface area (Å²) in [5.74, 6) is 1.20. The van der Waals surface area contributed by atoms with Gasteiger partial charge in [0.15, 0.2) is 5.16 Å². The van der Waals surface area contributed by atoms with Crippen molar-refractivity contribution in [1.82, 2.24) is 14.9 Å². The Morgan fingerprint density at radius 2 is 1.69 bits per heavy atom. The van der Waals surface area contributed by atoms with E-state index in [2.05, 4.69) is 22.8 Å². The number of benzene rings is 2. The standard InChI is InChI=1S/C32H38ClN5O3S/c1-4-41-31(40)26-8-7-15-38(20-26)30(39)25-13-11-24(12-14-25)21-42-32-34-23(3)22(2)29(35-32)37-18-16-36(17-19-37)28-10-6-5-9-27(28)33/h5-6,9-14,26H,4,7-8,15-21H2,1-3H3/t26-/m1/s1. The largest absolute Gasteiger partial charge is 0.466 e. The number of amides is 1. The van der Waals surface area contributed by atoms with Crippen molar-refractivity contribution in [1.29, 1.82) is 0 Å². The van der Waals surface area contributed by atoms with E-state index in [-0.39, 0.29) is 17.8 Å². The van der Waals surface area contributed by atoms with Crippen molar-refractivity contribution in [3.8, 4) is 0 Å². The van der Waals surface area contributed by atoms with Crippen molar-refractivity contribution in [2.24, 2.45) is 5.92 Å². The van der Waals surface area contributed by atoms with Gasteiger partial charge in [-0.15, -0.1) is 0 Å². The number of esters is 1. The van der Waals surface area contributed by atoms with Crippen molar-refractivity contribution < 1.29 is 14.3 Å². The van der Waals surface area contributed by atoms with Crippen molar-refractivity contribution >= 4 is 46.7 Å². The molecule has 2 saturated heterocycles. The van der Waals surface area contributed by atoms with E-state index >= 15 is 0 Å². The van der Waals surface area contributed by atoms with Crippen LogP contribution in [0.25, 0.3) is 0 Å². The lowest BCUT2D eigenvalue weighted by Crippen LogP contribution is -2.47. The fourth-order valence-corrected chi connectivity index (χ4v) is 6.61. The zero-order valence-electron chi connectivity index (χ0n) is 24.5. The number of carbonyl (C=O) groups is 2. The molecule has 0 aliphatic carbocycles. The van der Waals surface area contributed by atoms with Crippen LogP contribution in [0.1, 0.15) is 46.9 Å². The third-order valence-corrected chi connectivity index (χ3v) is 9.25. The van der Waals surface area contributed by atoms with Gasteiger partial charge >= 0.3 is 5.97 Å². The van der Waals surface area contributed by atoms with Crippen LogP contribution in [0, 0.1) is 19.8 Å². The molecule has 0 saturated carbocycles. The molecule has 0 unspecified atom stereocenters. The molecule has 3 aromatic rings.